The average Bonchev–Trinajstić information content (AvgIpc) is 2.47. The zero-order valence-electron chi connectivity index (χ0n) is 12.3. The van der Waals surface area contributed by atoms with Gasteiger partial charge in [0.2, 0.25) is 0 Å². The Morgan fingerprint density at radius 2 is 1.57 bits per heavy atom. The molecule has 0 aliphatic rings. The number of nitrogen functional groups attached to an aromatic ring is 2. The Hall–Kier alpha value is -1.57. The van der Waals surface area contributed by atoms with E-state index in [9.17, 15) is 0 Å². The fourth-order valence-electron chi connectivity index (χ4n) is 1.92. The summed E-state index contributed by atoms with van der Waals surface area (Å²) in [5, 5.41) is 0. The molecule has 0 spiro atoms. The van der Waals surface area contributed by atoms with Crippen LogP contribution < -0.4 is 28.2 Å². The quantitative estimate of drug-likeness (QED) is 0.567. The minimum atomic E-state index is -0.690. The van der Waals surface area contributed by atoms with Gasteiger partial charge in [0.05, 0.1) is 0 Å². The van der Waals surface area contributed by atoms with Gasteiger partial charge in [0.25, 0.3) is 0 Å². The van der Waals surface area contributed by atoms with E-state index in [4.69, 9.17) is 20.9 Å². The van der Waals surface area contributed by atoms with Crippen LogP contribution in [0.15, 0.2) is 36.4 Å². The van der Waals surface area contributed by atoms with Crippen molar-refractivity contribution in [3.8, 4) is 11.5 Å². The van der Waals surface area contributed by atoms with Crippen LogP contribution in [0.25, 0.3) is 0 Å². The second-order valence-corrected chi connectivity index (χ2v) is 7.40. The van der Waals surface area contributed by atoms with Crippen molar-refractivity contribution < 1.29 is 9.47 Å². The van der Waals surface area contributed by atoms with Crippen molar-refractivity contribution >= 4 is 39.5 Å². The van der Waals surface area contributed by atoms with Crippen LogP contribution in [0.2, 0.25) is 0 Å². The number of anilines is 2. The van der Waals surface area contributed by atoms with Crippen LogP contribution in [-0.4, -0.2) is 34.1 Å². The Morgan fingerprint density at radius 3 is 2.29 bits per heavy atom. The van der Waals surface area contributed by atoms with Crippen molar-refractivity contribution in [3.05, 3.63) is 36.4 Å². The van der Waals surface area contributed by atoms with E-state index in [0.717, 1.165) is 24.4 Å². The van der Waals surface area contributed by atoms with E-state index in [0.29, 0.717) is 18.9 Å². The molecule has 0 aliphatic heterocycles. The first kappa shape index (κ1) is 15.8. The van der Waals surface area contributed by atoms with Crippen LogP contribution >= 0.6 is 0 Å². The normalized spacial score (nSPS) is 10.4. The maximum atomic E-state index is 6.21. The maximum absolute atomic E-state index is 6.21. The molecule has 4 nitrogen and oxygen atoms in total. The van der Waals surface area contributed by atoms with E-state index >= 15 is 0 Å². The van der Waals surface area contributed by atoms with Crippen molar-refractivity contribution in [2.45, 2.75) is 13.8 Å². The van der Waals surface area contributed by atoms with Crippen molar-refractivity contribution in [2.75, 3.05) is 24.7 Å². The van der Waals surface area contributed by atoms with Gasteiger partial charge in [0.15, 0.2) is 0 Å². The predicted molar refractivity (Wildman–Crippen MR) is 89.1 cm³/mol. The van der Waals surface area contributed by atoms with Crippen molar-refractivity contribution in [3.63, 3.8) is 0 Å². The second-order valence-electron chi connectivity index (χ2n) is 4.31. The van der Waals surface area contributed by atoms with Gasteiger partial charge in [-0.15, -0.1) is 0 Å². The number of benzene rings is 2. The summed E-state index contributed by atoms with van der Waals surface area (Å²) < 4.78 is 13.5. The summed E-state index contributed by atoms with van der Waals surface area (Å²) in [4.78, 5) is 0. The second kappa shape index (κ2) is 7.44. The number of hydrogen-bond donors (Lipinski definition) is 2. The zero-order chi connectivity index (χ0) is 15.2. The van der Waals surface area contributed by atoms with E-state index in [-0.39, 0.29) is 0 Å². The Labute approximate surface area is 135 Å². The first-order valence-corrected chi connectivity index (χ1v) is 9.20. The molecule has 0 fully saturated rings. The summed E-state index contributed by atoms with van der Waals surface area (Å²) in [5.74, 6) is 1.55. The van der Waals surface area contributed by atoms with Gasteiger partial charge in [-0.3, -0.25) is 0 Å². The Balaban J connectivity index is 2.34. The van der Waals surface area contributed by atoms with Crippen LogP contribution in [0.4, 0.5) is 11.4 Å². The Kier molecular flexibility index (Phi) is 5.60. The number of hydrogen-bond acceptors (Lipinski definition) is 4. The zero-order valence-corrected chi connectivity index (χ0v) is 14.6. The van der Waals surface area contributed by atoms with Crippen molar-refractivity contribution in [1.82, 2.24) is 0 Å². The SMILES string of the molecule is CCOc1cccc([Te]c2cccc(N)c2OCC)c1N. The van der Waals surface area contributed by atoms with E-state index in [1.807, 2.05) is 38.1 Å². The van der Waals surface area contributed by atoms with Crippen LogP contribution in [0, 0.1) is 0 Å². The van der Waals surface area contributed by atoms with Gasteiger partial charge < -0.3 is 0 Å². The molecule has 21 heavy (non-hydrogen) atoms. The molecule has 0 atom stereocenters. The van der Waals surface area contributed by atoms with Gasteiger partial charge in [-0.25, -0.2) is 0 Å². The fourth-order valence-corrected chi connectivity index (χ4v) is 4.81. The predicted octanol–water partition coefficient (Wildman–Crippen LogP) is 1.30. The van der Waals surface area contributed by atoms with Gasteiger partial charge >= 0.3 is 135 Å². The van der Waals surface area contributed by atoms with Gasteiger partial charge in [0.1, 0.15) is 0 Å². The number of rotatable bonds is 6. The third-order valence-corrected chi connectivity index (χ3v) is 6.03. The summed E-state index contributed by atoms with van der Waals surface area (Å²) >= 11 is -0.690. The van der Waals surface area contributed by atoms with E-state index in [2.05, 4.69) is 12.1 Å². The number of ether oxygens (including phenoxy) is 2. The van der Waals surface area contributed by atoms with Crippen LogP contribution in [-0.2, 0) is 0 Å². The monoisotopic (exact) mass is 402 g/mol. The summed E-state index contributed by atoms with van der Waals surface area (Å²) in [5.41, 5.74) is 13.6. The van der Waals surface area contributed by atoms with Crippen molar-refractivity contribution in [2.24, 2.45) is 0 Å². The first-order valence-electron chi connectivity index (χ1n) is 6.87. The van der Waals surface area contributed by atoms with E-state index in [1.54, 1.807) is 0 Å². The average molecular weight is 400 g/mol. The molecule has 2 aromatic carbocycles. The Bertz CT molecular complexity index is 617. The van der Waals surface area contributed by atoms with Crippen molar-refractivity contribution in [1.29, 1.82) is 0 Å². The molecule has 0 bridgehead atoms. The molecule has 2 aromatic rings. The topological polar surface area (TPSA) is 70.5 Å². The molecular formula is C16H20N2O2Te. The molecule has 0 unspecified atom stereocenters. The standard InChI is InChI=1S/C16H20N2O2Te/c1-3-19-12-8-6-9-13(15(12)18)21-14-10-5-7-11(17)16(14)20-4-2/h5-10H,3-4,17-18H2,1-2H3. The van der Waals surface area contributed by atoms with Crippen LogP contribution in [0.3, 0.4) is 0 Å². The molecule has 112 valence electrons. The molecule has 0 aromatic heterocycles. The summed E-state index contributed by atoms with van der Waals surface area (Å²) in [6.07, 6.45) is 0. The Morgan fingerprint density at radius 1 is 0.905 bits per heavy atom. The van der Waals surface area contributed by atoms with Crippen LogP contribution in [0.5, 0.6) is 11.5 Å². The fraction of sp³-hybridized carbons (Fsp3) is 0.250. The molecule has 0 saturated heterocycles. The summed E-state index contributed by atoms with van der Waals surface area (Å²) in [7, 11) is 0. The van der Waals surface area contributed by atoms with Gasteiger partial charge in [-0.05, 0) is 0 Å². The number of para-hydroxylation sites is 2. The summed E-state index contributed by atoms with van der Waals surface area (Å²) in [6.45, 7) is 5.12. The van der Waals surface area contributed by atoms with Gasteiger partial charge in [0, 0.05) is 0 Å². The molecular weight excluding hydrogens is 380 g/mol. The molecule has 0 radical (unpaired) electrons. The van der Waals surface area contributed by atoms with E-state index < -0.39 is 20.9 Å². The van der Waals surface area contributed by atoms with Gasteiger partial charge in [-0.2, -0.15) is 0 Å². The third-order valence-electron chi connectivity index (χ3n) is 2.84. The number of nitrogens with two attached hydrogens (primary N) is 2. The van der Waals surface area contributed by atoms with Crippen LogP contribution in [0.1, 0.15) is 13.8 Å². The summed E-state index contributed by atoms with van der Waals surface area (Å²) in [6, 6.07) is 11.8. The molecule has 4 N–H and O–H groups in total. The van der Waals surface area contributed by atoms with E-state index in [1.165, 1.54) is 0 Å². The third kappa shape index (κ3) is 3.75. The molecule has 0 amide bonds. The molecule has 5 heteroatoms. The molecule has 2 rings (SSSR count). The molecule has 0 aliphatic carbocycles. The first-order chi connectivity index (χ1) is 10.2. The van der Waals surface area contributed by atoms with Gasteiger partial charge in [-0.1, -0.05) is 0 Å². The molecule has 0 heterocycles. The molecule has 0 saturated carbocycles. The minimum absolute atomic E-state index is 0.600.